The maximum atomic E-state index is 12.9. The molecule has 1 aromatic rings. The van der Waals surface area contributed by atoms with Gasteiger partial charge in [0, 0.05) is 6.07 Å². The van der Waals surface area contributed by atoms with E-state index < -0.39 is 41.4 Å². The number of nitrogens with zero attached hydrogens (tertiary/aromatic N) is 1. The Morgan fingerprint density at radius 3 is 2.47 bits per heavy atom. The summed E-state index contributed by atoms with van der Waals surface area (Å²) in [5, 5.41) is 8.23. The predicted molar refractivity (Wildman–Crippen MR) is 40.7 cm³/mol. The van der Waals surface area contributed by atoms with Crippen LogP contribution in [0, 0.1) is 17.7 Å². The predicted octanol–water partition coefficient (Wildman–Crippen LogP) is 1.16. The molecule has 4 nitrogen and oxygen atoms in total. The number of carbonyl (C=O) groups excluding carboxylic acids is 1. The largest absolute Gasteiger partial charge is 0.481 e. The van der Waals surface area contributed by atoms with Gasteiger partial charge in [0.15, 0.2) is 11.6 Å². The molecule has 0 atom stereocenters. The van der Waals surface area contributed by atoms with Gasteiger partial charge in [0.05, 0.1) is 5.56 Å². The highest BCUT2D eigenvalue weighted by Crippen LogP contribution is 2.13. The number of carboxylic acids is 1. The van der Waals surface area contributed by atoms with Crippen LogP contribution in [-0.2, 0) is 4.79 Å². The first-order valence-corrected chi connectivity index (χ1v) is 3.68. The van der Waals surface area contributed by atoms with E-state index in [1.165, 1.54) is 0 Å². The van der Waals surface area contributed by atoms with Gasteiger partial charge in [-0.25, -0.2) is 4.39 Å². The Kier molecular flexibility index (Phi) is 3.03. The molecular weight excluding hydrogens is 215 g/mol. The molecule has 0 aromatic carbocycles. The van der Waals surface area contributed by atoms with Crippen molar-refractivity contribution in [2.24, 2.45) is 0 Å². The molecule has 0 bridgehead atoms. The molecule has 0 spiro atoms. The molecule has 0 saturated heterocycles. The highest BCUT2D eigenvalue weighted by atomic mass is 19.2. The zero-order valence-electron chi connectivity index (χ0n) is 7.13. The van der Waals surface area contributed by atoms with Crippen molar-refractivity contribution < 1.29 is 27.9 Å². The quantitative estimate of drug-likeness (QED) is 0.470. The number of hydrogen-bond donors (Lipinski definition) is 1. The molecule has 0 amide bonds. The van der Waals surface area contributed by atoms with E-state index in [0.29, 0.717) is 6.07 Å². The molecule has 0 aliphatic rings. The van der Waals surface area contributed by atoms with E-state index >= 15 is 0 Å². The van der Waals surface area contributed by atoms with Gasteiger partial charge >= 0.3 is 5.97 Å². The first-order chi connectivity index (χ1) is 6.91. The van der Waals surface area contributed by atoms with Crippen molar-refractivity contribution in [3.05, 3.63) is 29.3 Å². The zero-order chi connectivity index (χ0) is 11.6. The molecule has 1 heterocycles. The van der Waals surface area contributed by atoms with Crippen molar-refractivity contribution in [3.8, 4) is 0 Å². The Hall–Kier alpha value is -1.92. The Labute approximate surface area is 81.4 Å². The summed E-state index contributed by atoms with van der Waals surface area (Å²) in [4.78, 5) is 23.6. The fourth-order valence-corrected chi connectivity index (χ4v) is 0.904. The fraction of sp³-hybridized carbons (Fsp3) is 0.125. The van der Waals surface area contributed by atoms with Gasteiger partial charge in [-0.3, -0.25) is 9.59 Å². The molecule has 0 unspecified atom stereocenters. The van der Waals surface area contributed by atoms with Crippen LogP contribution in [0.4, 0.5) is 13.2 Å². The molecule has 7 heteroatoms. The van der Waals surface area contributed by atoms with Gasteiger partial charge in [0.1, 0.15) is 6.42 Å². The minimum atomic E-state index is -1.77. The Morgan fingerprint density at radius 2 is 1.93 bits per heavy atom. The molecule has 0 aliphatic carbocycles. The Bertz CT molecular complexity index is 433. The highest BCUT2D eigenvalue weighted by Gasteiger charge is 2.20. The lowest BCUT2D eigenvalue weighted by Crippen LogP contribution is -2.11. The molecule has 1 rings (SSSR count). The summed E-state index contributed by atoms with van der Waals surface area (Å²) in [6.07, 6.45) is -1.04. The van der Waals surface area contributed by atoms with Crippen LogP contribution in [-0.4, -0.2) is 21.8 Å². The van der Waals surface area contributed by atoms with E-state index in [1.807, 2.05) is 0 Å². The van der Waals surface area contributed by atoms with Gasteiger partial charge < -0.3 is 5.11 Å². The number of halogens is 3. The minimum Gasteiger partial charge on any atom is -0.481 e. The van der Waals surface area contributed by atoms with Crippen LogP contribution in [0.3, 0.4) is 0 Å². The van der Waals surface area contributed by atoms with Crippen molar-refractivity contribution in [2.45, 2.75) is 6.42 Å². The second kappa shape index (κ2) is 4.07. The average molecular weight is 219 g/mol. The fourth-order valence-electron chi connectivity index (χ4n) is 0.904. The van der Waals surface area contributed by atoms with Crippen LogP contribution in [0.15, 0.2) is 6.07 Å². The van der Waals surface area contributed by atoms with E-state index in [4.69, 9.17) is 5.11 Å². The maximum Gasteiger partial charge on any atom is 0.311 e. The maximum absolute atomic E-state index is 12.9. The summed E-state index contributed by atoms with van der Waals surface area (Å²) in [7, 11) is 0. The highest BCUT2D eigenvalue weighted by molar-refractivity contribution is 6.05. The Balaban J connectivity index is 3.13. The van der Waals surface area contributed by atoms with Crippen molar-refractivity contribution in [3.63, 3.8) is 0 Å². The number of ketones is 1. The second-order valence-corrected chi connectivity index (χ2v) is 2.59. The van der Waals surface area contributed by atoms with Gasteiger partial charge in [-0.05, 0) is 0 Å². The van der Waals surface area contributed by atoms with Crippen molar-refractivity contribution in [1.29, 1.82) is 0 Å². The lowest BCUT2D eigenvalue weighted by molar-refractivity contribution is -0.135. The molecule has 0 saturated carbocycles. The van der Waals surface area contributed by atoms with E-state index in [2.05, 4.69) is 4.98 Å². The number of carbonyl (C=O) groups is 2. The van der Waals surface area contributed by atoms with E-state index in [-0.39, 0.29) is 0 Å². The van der Waals surface area contributed by atoms with Gasteiger partial charge in [-0.1, -0.05) is 0 Å². The first kappa shape index (κ1) is 11.2. The van der Waals surface area contributed by atoms with Gasteiger partial charge in [-0.2, -0.15) is 13.8 Å². The third-order valence-electron chi connectivity index (χ3n) is 1.50. The third kappa shape index (κ3) is 2.52. The number of aromatic nitrogens is 1. The van der Waals surface area contributed by atoms with E-state index in [0.717, 1.165) is 0 Å². The minimum absolute atomic E-state index is 0.351. The van der Waals surface area contributed by atoms with Gasteiger partial charge in [0.25, 0.3) is 5.95 Å². The van der Waals surface area contributed by atoms with Crippen LogP contribution < -0.4 is 0 Å². The summed E-state index contributed by atoms with van der Waals surface area (Å²) in [5.41, 5.74) is -0.956. The lowest BCUT2D eigenvalue weighted by Gasteiger charge is -2.00. The summed E-state index contributed by atoms with van der Waals surface area (Å²) in [6.45, 7) is 0. The number of hydrogen-bond acceptors (Lipinski definition) is 3. The topological polar surface area (TPSA) is 67.3 Å². The Morgan fingerprint density at radius 1 is 1.33 bits per heavy atom. The van der Waals surface area contributed by atoms with Crippen molar-refractivity contribution in [2.75, 3.05) is 0 Å². The van der Waals surface area contributed by atoms with Crippen LogP contribution in [0.5, 0.6) is 0 Å². The molecular formula is C8H4F3NO3. The van der Waals surface area contributed by atoms with E-state index in [9.17, 15) is 22.8 Å². The number of rotatable bonds is 3. The standard InChI is InChI=1S/C8H4F3NO3/c9-5-1-3(4(13)2-6(14)15)7(10)8(11)12-5/h1H,2H2,(H,14,15). The normalized spacial score (nSPS) is 10.1. The lowest BCUT2D eigenvalue weighted by atomic mass is 10.1. The summed E-state index contributed by atoms with van der Waals surface area (Å²) >= 11 is 0. The molecule has 0 aliphatic heterocycles. The van der Waals surface area contributed by atoms with Crippen LogP contribution in [0.2, 0.25) is 0 Å². The first-order valence-electron chi connectivity index (χ1n) is 3.68. The van der Waals surface area contributed by atoms with Crippen molar-refractivity contribution in [1.82, 2.24) is 4.98 Å². The summed E-state index contributed by atoms with van der Waals surface area (Å²) < 4.78 is 37.9. The number of aliphatic carboxylic acids is 1. The average Bonchev–Trinajstić information content (AvgIpc) is 2.09. The van der Waals surface area contributed by atoms with Gasteiger partial charge in [0.2, 0.25) is 5.95 Å². The monoisotopic (exact) mass is 219 g/mol. The van der Waals surface area contributed by atoms with E-state index in [1.54, 1.807) is 0 Å². The number of carboxylic acid groups (broad SMARTS) is 1. The number of Topliss-reactive ketones (excluding diaryl/α,β-unsaturated/α-hetero) is 1. The number of pyridine rings is 1. The molecule has 0 fully saturated rings. The second-order valence-electron chi connectivity index (χ2n) is 2.59. The summed E-state index contributed by atoms with van der Waals surface area (Å²) in [6, 6.07) is 0.351. The van der Waals surface area contributed by atoms with Crippen LogP contribution in [0.1, 0.15) is 16.8 Å². The molecule has 0 radical (unpaired) electrons. The zero-order valence-corrected chi connectivity index (χ0v) is 7.13. The van der Waals surface area contributed by atoms with Crippen LogP contribution >= 0.6 is 0 Å². The smallest absolute Gasteiger partial charge is 0.311 e. The third-order valence-corrected chi connectivity index (χ3v) is 1.50. The molecule has 1 aromatic heterocycles. The van der Waals surface area contributed by atoms with Crippen LogP contribution in [0.25, 0.3) is 0 Å². The van der Waals surface area contributed by atoms with Gasteiger partial charge in [-0.15, -0.1) is 0 Å². The molecule has 80 valence electrons. The van der Waals surface area contributed by atoms with Crippen molar-refractivity contribution >= 4 is 11.8 Å². The molecule has 15 heavy (non-hydrogen) atoms. The SMILES string of the molecule is O=C(O)CC(=O)c1cc(F)nc(F)c1F. The summed E-state index contributed by atoms with van der Waals surface area (Å²) in [5.74, 6) is -7.55. The molecule has 1 N–H and O–H groups in total.